The van der Waals surface area contributed by atoms with Crippen LogP contribution in [-0.2, 0) is 0 Å². The molecule has 0 bridgehead atoms. The van der Waals surface area contributed by atoms with Gasteiger partial charge in [0.15, 0.2) is 0 Å². The lowest BCUT2D eigenvalue weighted by molar-refractivity contribution is 1.34. The Morgan fingerprint density at radius 1 is 1.12 bits per heavy atom. The molecule has 2 heteroatoms. The minimum Gasteiger partial charge on any atom is -0.255 e. The average molecular weight is 227 g/mol. The second kappa shape index (κ2) is 5.42. The third-order valence-corrected chi connectivity index (χ3v) is 3.18. The zero-order valence-corrected chi connectivity index (χ0v) is 9.95. The van der Waals surface area contributed by atoms with E-state index in [0.717, 1.165) is 5.69 Å². The van der Waals surface area contributed by atoms with Crippen LogP contribution in [0.1, 0.15) is 11.8 Å². The van der Waals surface area contributed by atoms with Crippen molar-refractivity contribution in [3.8, 4) is 10.6 Å². The van der Waals surface area contributed by atoms with Crippen LogP contribution >= 0.6 is 11.3 Å². The topological polar surface area (TPSA) is 12.9 Å². The van der Waals surface area contributed by atoms with Crippen molar-refractivity contribution in [2.24, 2.45) is 0 Å². The smallest absolute Gasteiger partial charge is 0.0801 e. The van der Waals surface area contributed by atoms with E-state index in [2.05, 4.69) is 23.2 Å². The summed E-state index contributed by atoms with van der Waals surface area (Å²) >= 11 is 1.75. The first-order chi connectivity index (χ1) is 7.90. The van der Waals surface area contributed by atoms with Gasteiger partial charge in [0, 0.05) is 11.1 Å². The van der Waals surface area contributed by atoms with Gasteiger partial charge in [-0.2, -0.15) is 0 Å². The van der Waals surface area contributed by atoms with E-state index in [0.29, 0.717) is 0 Å². The van der Waals surface area contributed by atoms with Crippen LogP contribution in [-0.4, -0.2) is 4.98 Å². The molecule has 0 saturated heterocycles. The number of thiophene rings is 1. The molecule has 80 valence electrons. The highest BCUT2D eigenvalue weighted by Gasteiger charge is 2.00. The van der Waals surface area contributed by atoms with Crippen LogP contribution in [0.4, 0.5) is 0 Å². The van der Waals surface area contributed by atoms with Crippen LogP contribution in [0.5, 0.6) is 0 Å². The first-order valence-electron chi connectivity index (χ1n) is 5.21. The molecule has 1 nitrogen and oxygen atoms in total. The lowest BCUT2D eigenvalue weighted by atomic mass is 10.3. The molecule has 0 atom stereocenters. The number of aromatic nitrogens is 1. The van der Waals surface area contributed by atoms with E-state index < -0.39 is 0 Å². The molecule has 16 heavy (non-hydrogen) atoms. The summed E-state index contributed by atoms with van der Waals surface area (Å²) in [5.74, 6) is 0. The minimum absolute atomic E-state index is 1.04. The molecule has 0 spiro atoms. The lowest BCUT2D eigenvalue weighted by Gasteiger charge is -1.92. The van der Waals surface area contributed by atoms with Gasteiger partial charge in [-0.05, 0) is 37.3 Å². The van der Waals surface area contributed by atoms with Crippen LogP contribution in [0.2, 0.25) is 0 Å². The SMILES string of the molecule is C/C=C\C=C/c1ccc(-c2ccccn2)s1. The minimum atomic E-state index is 1.04. The summed E-state index contributed by atoms with van der Waals surface area (Å²) < 4.78 is 0. The Balaban J connectivity index is 2.20. The predicted molar refractivity (Wildman–Crippen MR) is 71.4 cm³/mol. The summed E-state index contributed by atoms with van der Waals surface area (Å²) in [6.45, 7) is 2.01. The van der Waals surface area contributed by atoms with Gasteiger partial charge in [0.25, 0.3) is 0 Å². The maximum absolute atomic E-state index is 4.33. The molecule has 0 aromatic carbocycles. The van der Waals surface area contributed by atoms with Gasteiger partial charge >= 0.3 is 0 Å². The molecule has 2 aromatic heterocycles. The molecule has 0 N–H and O–H groups in total. The van der Waals surface area contributed by atoms with Gasteiger partial charge in [0.05, 0.1) is 10.6 Å². The van der Waals surface area contributed by atoms with Crippen LogP contribution in [0.15, 0.2) is 54.8 Å². The van der Waals surface area contributed by atoms with Gasteiger partial charge in [-0.1, -0.05) is 24.3 Å². The summed E-state index contributed by atoms with van der Waals surface area (Å²) in [5.41, 5.74) is 1.04. The normalized spacial score (nSPS) is 11.6. The van der Waals surface area contributed by atoms with Crippen LogP contribution < -0.4 is 0 Å². The molecule has 0 radical (unpaired) electrons. The average Bonchev–Trinajstić information content (AvgIpc) is 2.79. The highest BCUT2D eigenvalue weighted by molar-refractivity contribution is 7.16. The van der Waals surface area contributed by atoms with Crippen LogP contribution in [0, 0.1) is 0 Å². The lowest BCUT2D eigenvalue weighted by Crippen LogP contribution is -1.75. The molecule has 0 saturated carbocycles. The maximum Gasteiger partial charge on any atom is 0.0801 e. The van der Waals surface area contributed by atoms with E-state index in [1.807, 2.05) is 49.5 Å². The molecule has 0 fully saturated rings. The summed E-state index contributed by atoms with van der Waals surface area (Å²) in [6, 6.07) is 10.2. The molecule has 2 aromatic rings. The van der Waals surface area contributed by atoms with Crippen molar-refractivity contribution in [1.29, 1.82) is 0 Å². The van der Waals surface area contributed by atoms with E-state index in [-0.39, 0.29) is 0 Å². The molecule has 2 rings (SSSR count). The zero-order chi connectivity index (χ0) is 11.2. The third kappa shape index (κ3) is 2.67. The highest BCUT2D eigenvalue weighted by Crippen LogP contribution is 2.26. The third-order valence-electron chi connectivity index (χ3n) is 2.11. The first kappa shape index (κ1) is 10.8. The van der Waals surface area contributed by atoms with Crippen LogP contribution in [0.3, 0.4) is 0 Å². The van der Waals surface area contributed by atoms with Crippen molar-refractivity contribution in [3.63, 3.8) is 0 Å². The Labute approximate surface area is 99.8 Å². The van der Waals surface area contributed by atoms with Crippen molar-refractivity contribution >= 4 is 17.4 Å². The Kier molecular flexibility index (Phi) is 3.67. The Hall–Kier alpha value is -1.67. The molecule has 0 aliphatic rings. The molecule has 0 unspecified atom stereocenters. The van der Waals surface area contributed by atoms with Crippen molar-refractivity contribution < 1.29 is 0 Å². The van der Waals surface area contributed by atoms with Gasteiger partial charge in [-0.15, -0.1) is 11.3 Å². The highest BCUT2D eigenvalue weighted by atomic mass is 32.1. The molecule has 0 amide bonds. The predicted octanol–water partition coefficient (Wildman–Crippen LogP) is 4.40. The van der Waals surface area contributed by atoms with E-state index >= 15 is 0 Å². The summed E-state index contributed by atoms with van der Waals surface area (Å²) in [5, 5.41) is 0. The molecule has 0 aliphatic carbocycles. The monoisotopic (exact) mass is 227 g/mol. The zero-order valence-electron chi connectivity index (χ0n) is 9.13. The fourth-order valence-electron chi connectivity index (χ4n) is 1.35. The van der Waals surface area contributed by atoms with Crippen molar-refractivity contribution in [2.45, 2.75) is 6.92 Å². The van der Waals surface area contributed by atoms with Crippen molar-refractivity contribution in [2.75, 3.05) is 0 Å². The number of allylic oxidation sites excluding steroid dienone is 3. The molecular formula is C14H13NS. The first-order valence-corrected chi connectivity index (χ1v) is 6.02. The largest absolute Gasteiger partial charge is 0.255 e. The van der Waals surface area contributed by atoms with Gasteiger partial charge in [-0.3, -0.25) is 4.98 Å². The number of hydrogen-bond donors (Lipinski definition) is 0. The van der Waals surface area contributed by atoms with Crippen molar-refractivity contribution in [1.82, 2.24) is 4.98 Å². The molecule has 2 heterocycles. The fourth-order valence-corrected chi connectivity index (χ4v) is 2.25. The second-order valence-electron chi connectivity index (χ2n) is 3.30. The van der Waals surface area contributed by atoms with Gasteiger partial charge in [-0.25, -0.2) is 0 Å². The van der Waals surface area contributed by atoms with E-state index in [1.165, 1.54) is 9.75 Å². The Morgan fingerprint density at radius 3 is 2.81 bits per heavy atom. The number of rotatable bonds is 3. The van der Waals surface area contributed by atoms with Gasteiger partial charge < -0.3 is 0 Å². The van der Waals surface area contributed by atoms with Gasteiger partial charge in [0.2, 0.25) is 0 Å². The van der Waals surface area contributed by atoms with E-state index in [1.54, 1.807) is 11.3 Å². The molecular weight excluding hydrogens is 214 g/mol. The van der Waals surface area contributed by atoms with Gasteiger partial charge in [0.1, 0.15) is 0 Å². The van der Waals surface area contributed by atoms with Crippen LogP contribution in [0.25, 0.3) is 16.6 Å². The van der Waals surface area contributed by atoms with E-state index in [4.69, 9.17) is 0 Å². The summed E-state index contributed by atoms with van der Waals surface area (Å²) in [4.78, 5) is 6.79. The Morgan fingerprint density at radius 2 is 2.06 bits per heavy atom. The molecule has 0 aliphatic heterocycles. The quantitative estimate of drug-likeness (QED) is 0.708. The number of pyridine rings is 1. The standard InChI is InChI=1S/C14H13NS/c1-2-3-4-7-12-9-10-14(16-12)13-8-5-6-11-15-13/h2-11H,1H3/b3-2-,7-4-. The fraction of sp³-hybridized carbons (Fsp3) is 0.0714. The number of nitrogens with zero attached hydrogens (tertiary/aromatic N) is 1. The summed E-state index contributed by atoms with van der Waals surface area (Å²) in [6.07, 6.45) is 10.0. The van der Waals surface area contributed by atoms with Crippen molar-refractivity contribution in [3.05, 3.63) is 59.6 Å². The summed E-state index contributed by atoms with van der Waals surface area (Å²) in [7, 11) is 0. The van der Waals surface area contributed by atoms with E-state index in [9.17, 15) is 0 Å². The maximum atomic E-state index is 4.33. The second-order valence-corrected chi connectivity index (χ2v) is 4.42. The number of hydrogen-bond acceptors (Lipinski definition) is 2. The Bertz CT molecular complexity index is 494.